The molecule has 1 N–H and O–H groups in total. The zero-order valence-corrected chi connectivity index (χ0v) is 13.0. The smallest absolute Gasteiger partial charge is 0.335 e. The standard InChI is InChI=1S/C15H21NO4S/c1-2-16(14-5-3-4-6-14)21(19,20)11-12-7-9-13(10-8-12)15(17)18/h7-10,14H,2-6,11H2,1H3,(H,17,18). The molecule has 0 aliphatic heterocycles. The highest BCUT2D eigenvalue weighted by Gasteiger charge is 2.30. The number of hydrogen-bond acceptors (Lipinski definition) is 3. The molecule has 0 aromatic heterocycles. The zero-order valence-electron chi connectivity index (χ0n) is 12.2. The quantitative estimate of drug-likeness (QED) is 0.876. The molecule has 1 fully saturated rings. The molecule has 1 aliphatic rings. The molecule has 0 radical (unpaired) electrons. The maximum atomic E-state index is 12.5. The second kappa shape index (κ2) is 6.58. The van der Waals surface area contributed by atoms with Crippen molar-refractivity contribution in [3.8, 4) is 0 Å². The van der Waals surface area contributed by atoms with Crippen molar-refractivity contribution in [3.05, 3.63) is 35.4 Å². The van der Waals surface area contributed by atoms with E-state index >= 15 is 0 Å². The van der Waals surface area contributed by atoms with Crippen LogP contribution >= 0.6 is 0 Å². The van der Waals surface area contributed by atoms with Gasteiger partial charge in [0.1, 0.15) is 0 Å². The molecule has 2 rings (SSSR count). The first kappa shape index (κ1) is 16.0. The van der Waals surface area contributed by atoms with E-state index in [-0.39, 0.29) is 17.4 Å². The number of sulfonamides is 1. The van der Waals surface area contributed by atoms with Crippen LogP contribution in [0.2, 0.25) is 0 Å². The molecule has 5 nitrogen and oxygen atoms in total. The number of carbonyl (C=O) groups is 1. The lowest BCUT2D eigenvalue weighted by Crippen LogP contribution is -2.39. The van der Waals surface area contributed by atoms with E-state index in [0.29, 0.717) is 12.1 Å². The van der Waals surface area contributed by atoms with E-state index in [2.05, 4.69) is 0 Å². The zero-order chi connectivity index (χ0) is 15.5. The molecule has 1 aliphatic carbocycles. The van der Waals surface area contributed by atoms with Gasteiger partial charge in [0, 0.05) is 12.6 Å². The second-order valence-corrected chi connectivity index (χ2v) is 7.32. The summed E-state index contributed by atoms with van der Waals surface area (Å²) in [4.78, 5) is 10.8. The summed E-state index contributed by atoms with van der Waals surface area (Å²) in [5.74, 6) is -1.08. The lowest BCUT2D eigenvalue weighted by Gasteiger charge is -2.26. The van der Waals surface area contributed by atoms with Crippen LogP contribution in [0.15, 0.2) is 24.3 Å². The van der Waals surface area contributed by atoms with Crippen LogP contribution in [0.25, 0.3) is 0 Å². The number of benzene rings is 1. The molecular formula is C15H21NO4S. The SMILES string of the molecule is CCN(C1CCCC1)S(=O)(=O)Cc1ccc(C(=O)O)cc1. The highest BCUT2D eigenvalue weighted by atomic mass is 32.2. The van der Waals surface area contributed by atoms with Crippen LogP contribution in [-0.4, -0.2) is 36.4 Å². The summed E-state index contributed by atoms with van der Waals surface area (Å²) in [7, 11) is -3.36. The summed E-state index contributed by atoms with van der Waals surface area (Å²) in [5, 5.41) is 8.85. The van der Waals surface area contributed by atoms with E-state index in [1.807, 2.05) is 6.92 Å². The number of hydrogen-bond donors (Lipinski definition) is 1. The van der Waals surface area contributed by atoms with Crippen LogP contribution in [0, 0.1) is 0 Å². The first-order valence-corrected chi connectivity index (χ1v) is 8.86. The van der Waals surface area contributed by atoms with Gasteiger partial charge in [0.2, 0.25) is 10.0 Å². The van der Waals surface area contributed by atoms with E-state index in [4.69, 9.17) is 5.11 Å². The van der Waals surface area contributed by atoms with Gasteiger partial charge in [-0.05, 0) is 30.5 Å². The Morgan fingerprint density at radius 1 is 1.24 bits per heavy atom. The van der Waals surface area contributed by atoms with Gasteiger partial charge in [-0.2, -0.15) is 4.31 Å². The molecule has 21 heavy (non-hydrogen) atoms. The third-order valence-electron chi connectivity index (χ3n) is 3.95. The Morgan fingerprint density at radius 2 is 1.81 bits per heavy atom. The number of aromatic carboxylic acids is 1. The largest absolute Gasteiger partial charge is 0.478 e. The van der Waals surface area contributed by atoms with Crippen molar-refractivity contribution in [2.75, 3.05) is 6.54 Å². The van der Waals surface area contributed by atoms with Gasteiger partial charge in [0.15, 0.2) is 0 Å². The third kappa shape index (κ3) is 3.83. The van der Waals surface area contributed by atoms with Crippen LogP contribution in [0.5, 0.6) is 0 Å². The maximum absolute atomic E-state index is 12.5. The normalized spacial score (nSPS) is 16.5. The van der Waals surface area contributed by atoms with Crippen molar-refractivity contribution in [2.45, 2.75) is 44.4 Å². The fourth-order valence-corrected chi connectivity index (χ4v) is 4.75. The minimum Gasteiger partial charge on any atom is -0.478 e. The molecule has 0 heterocycles. The van der Waals surface area contributed by atoms with Gasteiger partial charge in [-0.1, -0.05) is 31.9 Å². The Morgan fingerprint density at radius 3 is 2.29 bits per heavy atom. The lowest BCUT2D eigenvalue weighted by molar-refractivity contribution is 0.0697. The van der Waals surface area contributed by atoms with Gasteiger partial charge in [-0.15, -0.1) is 0 Å². The van der Waals surface area contributed by atoms with Gasteiger partial charge >= 0.3 is 5.97 Å². The summed E-state index contributed by atoms with van der Waals surface area (Å²) >= 11 is 0. The monoisotopic (exact) mass is 311 g/mol. The van der Waals surface area contributed by atoms with E-state index in [1.165, 1.54) is 12.1 Å². The summed E-state index contributed by atoms with van der Waals surface area (Å²) < 4.78 is 26.7. The van der Waals surface area contributed by atoms with Crippen LogP contribution in [0.1, 0.15) is 48.5 Å². The van der Waals surface area contributed by atoms with Crippen LogP contribution in [0.4, 0.5) is 0 Å². The van der Waals surface area contributed by atoms with E-state index in [9.17, 15) is 13.2 Å². The van der Waals surface area contributed by atoms with Crippen molar-refractivity contribution in [1.82, 2.24) is 4.31 Å². The Balaban J connectivity index is 2.13. The number of carboxylic acid groups (broad SMARTS) is 1. The summed E-state index contributed by atoms with van der Waals surface area (Å²) in [6, 6.07) is 6.16. The van der Waals surface area contributed by atoms with Gasteiger partial charge in [-0.3, -0.25) is 0 Å². The number of rotatable bonds is 6. The van der Waals surface area contributed by atoms with Gasteiger partial charge in [0.25, 0.3) is 0 Å². The van der Waals surface area contributed by atoms with Crippen LogP contribution in [-0.2, 0) is 15.8 Å². The van der Waals surface area contributed by atoms with Crippen LogP contribution < -0.4 is 0 Å². The van der Waals surface area contributed by atoms with Crippen molar-refractivity contribution < 1.29 is 18.3 Å². The van der Waals surface area contributed by atoms with E-state index in [1.54, 1.807) is 16.4 Å². The first-order valence-electron chi connectivity index (χ1n) is 7.26. The first-order chi connectivity index (χ1) is 9.94. The highest BCUT2D eigenvalue weighted by Crippen LogP contribution is 2.26. The number of carboxylic acids is 1. The molecule has 1 aromatic rings. The molecule has 0 spiro atoms. The molecule has 0 unspecified atom stereocenters. The Kier molecular flexibility index (Phi) is 5.00. The van der Waals surface area contributed by atoms with Crippen LogP contribution in [0.3, 0.4) is 0 Å². The Bertz CT molecular complexity index is 589. The fourth-order valence-electron chi connectivity index (χ4n) is 2.91. The van der Waals surface area contributed by atoms with Gasteiger partial charge in [0.05, 0.1) is 11.3 Å². The minimum absolute atomic E-state index is 0.0722. The topological polar surface area (TPSA) is 74.7 Å². The molecule has 0 bridgehead atoms. The molecule has 116 valence electrons. The Hall–Kier alpha value is -1.40. The second-order valence-electron chi connectivity index (χ2n) is 5.40. The lowest BCUT2D eigenvalue weighted by atomic mass is 10.1. The molecule has 0 saturated heterocycles. The molecule has 0 amide bonds. The Labute approximate surface area is 125 Å². The fraction of sp³-hybridized carbons (Fsp3) is 0.533. The van der Waals surface area contributed by atoms with E-state index < -0.39 is 16.0 Å². The predicted molar refractivity (Wildman–Crippen MR) is 80.7 cm³/mol. The molecule has 1 aromatic carbocycles. The minimum atomic E-state index is -3.36. The highest BCUT2D eigenvalue weighted by molar-refractivity contribution is 7.88. The van der Waals surface area contributed by atoms with Crippen molar-refractivity contribution >= 4 is 16.0 Å². The van der Waals surface area contributed by atoms with Crippen molar-refractivity contribution in [1.29, 1.82) is 0 Å². The average Bonchev–Trinajstić information content (AvgIpc) is 2.93. The van der Waals surface area contributed by atoms with Crippen molar-refractivity contribution in [3.63, 3.8) is 0 Å². The molecule has 6 heteroatoms. The third-order valence-corrected chi connectivity index (χ3v) is 5.92. The maximum Gasteiger partial charge on any atom is 0.335 e. The van der Waals surface area contributed by atoms with Crippen molar-refractivity contribution in [2.24, 2.45) is 0 Å². The van der Waals surface area contributed by atoms with Gasteiger partial charge in [-0.25, -0.2) is 13.2 Å². The number of nitrogens with zero attached hydrogens (tertiary/aromatic N) is 1. The van der Waals surface area contributed by atoms with Gasteiger partial charge < -0.3 is 5.11 Å². The summed E-state index contributed by atoms with van der Waals surface area (Å²) in [6.07, 6.45) is 4.05. The molecule has 0 atom stereocenters. The van der Waals surface area contributed by atoms with E-state index in [0.717, 1.165) is 25.7 Å². The average molecular weight is 311 g/mol. The summed E-state index contributed by atoms with van der Waals surface area (Å²) in [6.45, 7) is 2.35. The molecular weight excluding hydrogens is 290 g/mol. The predicted octanol–water partition coefficient (Wildman–Crippen LogP) is 2.48. The molecule has 1 saturated carbocycles. The summed E-state index contributed by atoms with van der Waals surface area (Å²) in [5.41, 5.74) is 0.788.